The molecule has 0 unspecified atom stereocenters. The molecule has 0 fully saturated rings. The number of rotatable bonds is 4. The molecule has 0 aliphatic rings. The van der Waals surface area contributed by atoms with Crippen molar-refractivity contribution in [2.75, 3.05) is 7.11 Å². The lowest BCUT2D eigenvalue weighted by atomic mass is 10.1. The smallest absolute Gasteiger partial charge is 0.307 e. The van der Waals surface area contributed by atoms with Crippen LogP contribution in [0.25, 0.3) is 11.4 Å². The molecule has 5 heteroatoms. The maximum atomic E-state index is 10.9. The molecule has 0 bridgehead atoms. The van der Waals surface area contributed by atoms with E-state index < -0.39 is 5.97 Å². The summed E-state index contributed by atoms with van der Waals surface area (Å²) in [5, 5.41) is 8.94. The van der Waals surface area contributed by atoms with Crippen molar-refractivity contribution in [3.8, 4) is 17.1 Å². The van der Waals surface area contributed by atoms with Crippen LogP contribution in [0.5, 0.6) is 5.75 Å². The normalized spacial score (nSPS) is 10.5. The second kappa shape index (κ2) is 5.91. The predicted molar refractivity (Wildman–Crippen MR) is 79.6 cm³/mol. The average molecular weight is 286 g/mol. The number of aliphatic carboxylic acids is 1. The molecule has 0 saturated heterocycles. The van der Waals surface area contributed by atoms with Gasteiger partial charge in [-0.15, -0.1) is 0 Å². The van der Waals surface area contributed by atoms with Gasteiger partial charge in [-0.2, -0.15) is 0 Å². The van der Waals surface area contributed by atoms with Crippen LogP contribution in [0.2, 0.25) is 0 Å². The number of hydrogen-bond acceptors (Lipinski definition) is 4. The molecule has 0 aliphatic heterocycles. The highest BCUT2D eigenvalue weighted by atomic mass is 16.5. The Hall–Kier alpha value is -2.43. The molecule has 1 aromatic heterocycles. The van der Waals surface area contributed by atoms with E-state index in [9.17, 15) is 4.79 Å². The van der Waals surface area contributed by atoms with Crippen molar-refractivity contribution in [1.29, 1.82) is 0 Å². The SMILES string of the molecule is COc1cc(C)ccc1-c1nc(C)c(CC(=O)O)c(C)n1. The van der Waals surface area contributed by atoms with Crippen LogP contribution in [0, 0.1) is 20.8 Å². The van der Waals surface area contributed by atoms with Crippen LogP contribution in [-0.2, 0) is 11.2 Å². The third-order valence-corrected chi connectivity index (χ3v) is 3.35. The zero-order valence-electron chi connectivity index (χ0n) is 12.6. The van der Waals surface area contributed by atoms with Crippen molar-refractivity contribution in [3.63, 3.8) is 0 Å². The molecule has 1 N–H and O–H groups in total. The minimum Gasteiger partial charge on any atom is -0.496 e. The van der Waals surface area contributed by atoms with Gasteiger partial charge >= 0.3 is 5.97 Å². The minimum absolute atomic E-state index is 0.0665. The lowest BCUT2D eigenvalue weighted by Crippen LogP contribution is -2.08. The number of carbonyl (C=O) groups is 1. The van der Waals surface area contributed by atoms with Crippen molar-refractivity contribution in [3.05, 3.63) is 40.7 Å². The van der Waals surface area contributed by atoms with Gasteiger partial charge in [0.2, 0.25) is 0 Å². The third kappa shape index (κ3) is 3.18. The number of nitrogens with zero attached hydrogens (tertiary/aromatic N) is 2. The van der Waals surface area contributed by atoms with Gasteiger partial charge in [-0.25, -0.2) is 9.97 Å². The summed E-state index contributed by atoms with van der Waals surface area (Å²) >= 11 is 0. The second-order valence-corrected chi connectivity index (χ2v) is 4.97. The summed E-state index contributed by atoms with van der Waals surface area (Å²) in [5.74, 6) is 0.376. The Morgan fingerprint density at radius 3 is 2.33 bits per heavy atom. The Bertz CT molecular complexity index is 673. The van der Waals surface area contributed by atoms with Gasteiger partial charge in [0.05, 0.1) is 19.1 Å². The molecule has 21 heavy (non-hydrogen) atoms. The zero-order valence-corrected chi connectivity index (χ0v) is 12.6. The second-order valence-electron chi connectivity index (χ2n) is 4.97. The van der Waals surface area contributed by atoms with Crippen molar-refractivity contribution < 1.29 is 14.6 Å². The Morgan fingerprint density at radius 2 is 1.81 bits per heavy atom. The first-order valence-electron chi connectivity index (χ1n) is 6.63. The highest BCUT2D eigenvalue weighted by Gasteiger charge is 2.15. The molecule has 2 aromatic rings. The van der Waals surface area contributed by atoms with Gasteiger partial charge < -0.3 is 9.84 Å². The van der Waals surface area contributed by atoms with Gasteiger partial charge in [0.1, 0.15) is 5.75 Å². The summed E-state index contributed by atoms with van der Waals surface area (Å²) in [6, 6.07) is 5.81. The Morgan fingerprint density at radius 1 is 1.19 bits per heavy atom. The van der Waals surface area contributed by atoms with Crippen LogP contribution in [0.1, 0.15) is 22.5 Å². The number of hydrogen-bond donors (Lipinski definition) is 1. The Labute approximate surface area is 123 Å². The largest absolute Gasteiger partial charge is 0.496 e. The Kier molecular flexibility index (Phi) is 4.21. The average Bonchev–Trinajstić information content (AvgIpc) is 2.42. The van der Waals surface area contributed by atoms with Crippen molar-refractivity contribution >= 4 is 5.97 Å². The van der Waals surface area contributed by atoms with E-state index in [0.717, 1.165) is 11.1 Å². The first-order chi connectivity index (χ1) is 9.92. The van der Waals surface area contributed by atoms with Crippen LogP contribution in [-0.4, -0.2) is 28.2 Å². The standard InChI is InChI=1S/C16H18N2O3/c1-9-5-6-12(14(7-9)21-4)16-17-10(2)13(8-15(19)20)11(3)18-16/h5-7H,8H2,1-4H3,(H,19,20). The zero-order chi connectivity index (χ0) is 15.6. The maximum absolute atomic E-state index is 10.9. The molecule has 0 amide bonds. The molecule has 0 saturated carbocycles. The molecule has 1 heterocycles. The highest BCUT2D eigenvalue weighted by Crippen LogP contribution is 2.29. The minimum atomic E-state index is -0.884. The number of carboxylic acids is 1. The summed E-state index contributed by atoms with van der Waals surface area (Å²) in [6.45, 7) is 5.59. The van der Waals surface area contributed by atoms with Crippen molar-refractivity contribution in [1.82, 2.24) is 9.97 Å². The molecule has 5 nitrogen and oxygen atoms in total. The van der Waals surface area contributed by atoms with Crippen LogP contribution < -0.4 is 4.74 Å². The summed E-state index contributed by atoms with van der Waals surface area (Å²) in [5.41, 5.74) is 3.92. The molecule has 0 atom stereocenters. The van der Waals surface area contributed by atoms with Gasteiger partial charge in [-0.1, -0.05) is 6.07 Å². The fraction of sp³-hybridized carbons (Fsp3) is 0.312. The molecule has 110 valence electrons. The van der Waals surface area contributed by atoms with Crippen molar-refractivity contribution in [2.24, 2.45) is 0 Å². The van der Waals surface area contributed by atoms with E-state index in [-0.39, 0.29) is 6.42 Å². The topological polar surface area (TPSA) is 72.3 Å². The molecule has 2 rings (SSSR count). The van der Waals surface area contributed by atoms with E-state index in [4.69, 9.17) is 9.84 Å². The van der Waals surface area contributed by atoms with E-state index in [0.29, 0.717) is 28.5 Å². The molecular formula is C16H18N2O3. The number of methoxy groups -OCH3 is 1. The van der Waals surface area contributed by atoms with E-state index in [2.05, 4.69) is 9.97 Å². The van der Waals surface area contributed by atoms with Crippen LogP contribution in [0.15, 0.2) is 18.2 Å². The van der Waals surface area contributed by atoms with Crippen LogP contribution in [0.3, 0.4) is 0 Å². The third-order valence-electron chi connectivity index (χ3n) is 3.35. The first-order valence-corrected chi connectivity index (χ1v) is 6.63. The van der Waals surface area contributed by atoms with Gasteiger partial charge in [0, 0.05) is 17.0 Å². The quantitative estimate of drug-likeness (QED) is 0.935. The number of aryl methyl sites for hydroxylation is 3. The fourth-order valence-corrected chi connectivity index (χ4v) is 2.25. The van der Waals surface area contributed by atoms with Gasteiger partial charge in [-0.3, -0.25) is 4.79 Å². The maximum Gasteiger partial charge on any atom is 0.307 e. The lowest BCUT2D eigenvalue weighted by molar-refractivity contribution is -0.136. The first kappa shape index (κ1) is 15.0. The summed E-state index contributed by atoms with van der Waals surface area (Å²) in [4.78, 5) is 19.8. The molecule has 1 aromatic carbocycles. The molecule has 0 aliphatic carbocycles. The number of ether oxygens (including phenoxy) is 1. The molecule has 0 radical (unpaired) electrons. The molecule has 0 spiro atoms. The fourth-order valence-electron chi connectivity index (χ4n) is 2.25. The van der Waals surface area contributed by atoms with Gasteiger partial charge in [0.15, 0.2) is 5.82 Å². The van der Waals surface area contributed by atoms with Gasteiger partial charge in [0.25, 0.3) is 0 Å². The Balaban J connectivity index is 2.54. The van der Waals surface area contributed by atoms with Crippen molar-refractivity contribution in [2.45, 2.75) is 27.2 Å². The van der Waals surface area contributed by atoms with E-state index in [1.807, 2.05) is 25.1 Å². The van der Waals surface area contributed by atoms with E-state index in [1.54, 1.807) is 21.0 Å². The number of aromatic nitrogens is 2. The van der Waals surface area contributed by atoms with Crippen LogP contribution in [0.4, 0.5) is 0 Å². The highest BCUT2D eigenvalue weighted by molar-refractivity contribution is 5.71. The van der Waals surface area contributed by atoms with Gasteiger partial charge in [-0.05, 0) is 38.5 Å². The summed E-state index contributed by atoms with van der Waals surface area (Å²) in [7, 11) is 1.61. The predicted octanol–water partition coefficient (Wildman–Crippen LogP) is 2.70. The lowest BCUT2D eigenvalue weighted by Gasteiger charge is -2.12. The summed E-state index contributed by atoms with van der Waals surface area (Å²) in [6.07, 6.45) is -0.0665. The monoisotopic (exact) mass is 286 g/mol. The van der Waals surface area contributed by atoms with Crippen LogP contribution >= 0.6 is 0 Å². The molecular weight excluding hydrogens is 268 g/mol. The number of carboxylic acid groups (broad SMARTS) is 1. The van der Waals surface area contributed by atoms with E-state index in [1.165, 1.54) is 0 Å². The van der Waals surface area contributed by atoms with E-state index >= 15 is 0 Å². The number of benzene rings is 1. The summed E-state index contributed by atoms with van der Waals surface area (Å²) < 4.78 is 5.38.